The van der Waals surface area contributed by atoms with Crippen molar-refractivity contribution < 1.29 is 31.2 Å². The monoisotopic (exact) mass is 940 g/mol. The minimum Gasteiger partial charge on any atom is -0.399 e. The molecule has 19 heteroatoms. The Balaban J connectivity index is 0.000000200. The van der Waals surface area contributed by atoms with Gasteiger partial charge in [0.2, 0.25) is 5.91 Å². The lowest BCUT2D eigenvalue weighted by Crippen LogP contribution is -2.20. The number of aromatic nitrogens is 6. The van der Waals surface area contributed by atoms with Crippen molar-refractivity contribution in [1.82, 2.24) is 29.9 Å². The van der Waals surface area contributed by atoms with Crippen LogP contribution in [0, 0.1) is 10.8 Å². The molecule has 0 aliphatic heterocycles. The van der Waals surface area contributed by atoms with Gasteiger partial charge in [0.05, 0.1) is 44.7 Å². The molecular weight excluding hydrogens is 893 g/mol. The summed E-state index contributed by atoms with van der Waals surface area (Å²) in [6.45, 7) is 12.4. The quantitative estimate of drug-likeness (QED) is 0.0525. The molecule has 4 aromatic heterocycles. The standard InChI is InChI=1S/C25H25N5O4S.C23H23N5O3S/c1-15(31)28-17-8-10-19(11-9-17)35(33,34)30-18-7-5-6-16(12-18)21-14-27-24-22(29-21)20(13-26-24)23(32)25(2,3)4;1-23(2,3)21(29)18-12-25-22-20(18)27-19(13-26-22)14-5-4-6-16(11-14)28-32(30,31)17-9-7-15(24)8-10-17/h5-14,30H,1-4H3,(H,26,27)(H,28,31);4-13,28H,24H2,1-3H3,(H,25,26). The smallest absolute Gasteiger partial charge is 0.261 e. The maximum atomic E-state index is 12.9. The van der Waals surface area contributed by atoms with Crippen LogP contribution >= 0.6 is 0 Å². The van der Waals surface area contributed by atoms with E-state index in [0.29, 0.717) is 78.7 Å². The van der Waals surface area contributed by atoms with E-state index in [0.717, 1.165) is 0 Å². The summed E-state index contributed by atoms with van der Waals surface area (Å²) < 4.78 is 56.3. The van der Waals surface area contributed by atoms with Crippen LogP contribution in [-0.2, 0) is 24.8 Å². The maximum Gasteiger partial charge on any atom is 0.261 e. The van der Waals surface area contributed by atoms with Crippen molar-refractivity contribution in [3.63, 3.8) is 0 Å². The van der Waals surface area contributed by atoms with Gasteiger partial charge in [-0.2, -0.15) is 0 Å². The van der Waals surface area contributed by atoms with Gasteiger partial charge in [0.15, 0.2) is 22.9 Å². The Labute approximate surface area is 387 Å². The molecule has 0 fully saturated rings. The normalized spacial score (nSPS) is 12.0. The zero-order valence-electron chi connectivity index (χ0n) is 37.6. The molecule has 0 spiro atoms. The van der Waals surface area contributed by atoms with Crippen molar-refractivity contribution in [2.75, 3.05) is 20.5 Å². The molecular formula is C48H48N10O7S2. The number of rotatable bonds is 11. The van der Waals surface area contributed by atoms with Gasteiger partial charge >= 0.3 is 0 Å². The molecule has 0 saturated heterocycles. The molecule has 4 heterocycles. The summed E-state index contributed by atoms with van der Waals surface area (Å²) in [4.78, 5) is 61.0. The Bertz CT molecular complexity index is 3410. The Kier molecular flexibility index (Phi) is 12.9. The van der Waals surface area contributed by atoms with Crippen LogP contribution in [0.3, 0.4) is 0 Å². The van der Waals surface area contributed by atoms with Gasteiger partial charge in [-0.25, -0.2) is 36.8 Å². The van der Waals surface area contributed by atoms with Gasteiger partial charge in [-0.05, 0) is 72.8 Å². The summed E-state index contributed by atoms with van der Waals surface area (Å²) >= 11 is 0. The predicted octanol–water partition coefficient (Wildman–Crippen LogP) is 8.85. The van der Waals surface area contributed by atoms with Gasteiger partial charge in [-0.1, -0.05) is 65.8 Å². The van der Waals surface area contributed by atoms with E-state index < -0.39 is 30.9 Å². The van der Waals surface area contributed by atoms with E-state index in [4.69, 9.17) is 5.73 Å². The first-order chi connectivity index (χ1) is 31.5. The number of nitrogens with one attached hydrogen (secondary N) is 5. The lowest BCUT2D eigenvalue weighted by molar-refractivity contribution is -0.114. The second kappa shape index (κ2) is 18.2. The van der Waals surface area contributed by atoms with Gasteiger partial charge in [0, 0.05) is 64.0 Å². The van der Waals surface area contributed by atoms with Gasteiger partial charge in [0.25, 0.3) is 20.0 Å². The number of fused-ring (bicyclic) bond motifs is 2. The van der Waals surface area contributed by atoms with Gasteiger partial charge in [0.1, 0.15) is 11.0 Å². The number of nitrogens with two attached hydrogens (primary N) is 1. The van der Waals surface area contributed by atoms with Crippen molar-refractivity contribution >= 4 is 82.6 Å². The van der Waals surface area contributed by atoms with E-state index in [1.165, 1.54) is 55.5 Å². The number of hydrogen-bond acceptors (Lipinski definition) is 12. The number of carbonyl (C=O) groups excluding carboxylic acids is 3. The number of carbonyl (C=O) groups is 3. The minimum atomic E-state index is -3.87. The molecule has 0 atom stereocenters. The number of anilines is 4. The summed E-state index contributed by atoms with van der Waals surface area (Å²) in [7, 11) is -7.65. The average molecular weight is 941 g/mol. The molecule has 67 heavy (non-hydrogen) atoms. The zero-order chi connectivity index (χ0) is 48.5. The summed E-state index contributed by atoms with van der Waals surface area (Å²) in [5, 5.41) is 2.60. The third-order valence-corrected chi connectivity index (χ3v) is 12.9. The number of nitrogens with zero attached hydrogens (tertiary/aromatic N) is 4. The van der Waals surface area contributed by atoms with Crippen molar-refractivity contribution in [1.29, 1.82) is 0 Å². The lowest BCUT2D eigenvalue weighted by Gasteiger charge is -2.15. The molecule has 344 valence electrons. The zero-order valence-corrected chi connectivity index (χ0v) is 39.2. The van der Waals surface area contributed by atoms with Gasteiger partial charge in [-0.3, -0.25) is 23.8 Å². The maximum absolute atomic E-state index is 12.9. The lowest BCUT2D eigenvalue weighted by atomic mass is 9.87. The van der Waals surface area contributed by atoms with Gasteiger partial charge in [-0.15, -0.1) is 0 Å². The van der Waals surface area contributed by atoms with Crippen molar-refractivity contribution in [2.24, 2.45) is 10.8 Å². The summed E-state index contributed by atoms with van der Waals surface area (Å²) in [5.74, 6) is -0.340. The molecule has 8 aromatic rings. The van der Waals surface area contributed by atoms with E-state index in [-0.39, 0.29) is 27.3 Å². The van der Waals surface area contributed by atoms with Crippen LogP contribution in [0.1, 0.15) is 69.2 Å². The Morgan fingerprint density at radius 3 is 1.36 bits per heavy atom. The van der Waals surface area contributed by atoms with Crippen LogP contribution < -0.4 is 20.5 Å². The summed E-state index contributed by atoms with van der Waals surface area (Å²) in [6, 6.07) is 25.4. The highest BCUT2D eigenvalue weighted by molar-refractivity contribution is 7.93. The van der Waals surface area contributed by atoms with E-state index >= 15 is 0 Å². The summed E-state index contributed by atoms with van der Waals surface area (Å²) in [5.41, 5.74) is 11.4. The third kappa shape index (κ3) is 10.9. The third-order valence-electron chi connectivity index (χ3n) is 10.1. The number of benzene rings is 4. The van der Waals surface area contributed by atoms with Crippen LogP contribution in [0.5, 0.6) is 0 Å². The van der Waals surface area contributed by atoms with Crippen molar-refractivity contribution in [2.45, 2.75) is 58.3 Å². The molecule has 0 unspecified atom stereocenters. The molecule has 8 rings (SSSR count). The van der Waals surface area contributed by atoms with Crippen LogP contribution in [-0.4, -0.2) is 64.2 Å². The first-order valence-electron chi connectivity index (χ1n) is 20.8. The second-order valence-electron chi connectivity index (χ2n) is 17.6. The molecule has 0 aliphatic carbocycles. The van der Waals surface area contributed by atoms with Crippen molar-refractivity contribution in [3.8, 4) is 22.5 Å². The first kappa shape index (κ1) is 47.2. The SMILES string of the molecule is CC(=O)Nc1ccc(S(=O)(=O)Nc2cccc(-c3cnc4[nH]cc(C(=O)C(C)(C)C)c4n3)c2)cc1.CC(C)(C)C(=O)c1c[nH]c2ncc(-c3cccc(NS(=O)(=O)c4ccc(N)cc4)c3)nc12. The Morgan fingerprint density at radius 1 is 0.567 bits per heavy atom. The van der Waals surface area contributed by atoms with Crippen molar-refractivity contribution in [3.05, 3.63) is 133 Å². The van der Waals surface area contributed by atoms with Crippen LogP contribution in [0.4, 0.5) is 22.7 Å². The van der Waals surface area contributed by atoms with E-state index in [1.807, 2.05) is 41.5 Å². The fraction of sp³-hybridized carbons (Fsp3) is 0.188. The van der Waals surface area contributed by atoms with E-state index in [1.54, 1.807) is 73.3 Å². The Hall–Kier alpha value is -7.77. The van der Waals surface area contributed by atoms with Crippen LogP contribution in [0.25, 0.3) is 44.8 Å². The number of aromatic amines is 2. The number of nitrogen functional groups attached to an aromatic ring is 1. The number of amides is 1. The highest BCUT2D eigenvalue weighted by Crippen LogP contribution is 2.31. The molecule has 0 saturated carbocycles. The number of Topliss-reactive ketones (excluding diaryl/α,β-unsaturated/α-hetero) is 2. The first-order valence-corrected chi connectivity index (χ1v) is 23.7. The largest absolute Gasteiger partial charge is 0.399 e. The van der Waals surface area contributed by atoms with Crippen LogP contribution in [0.15, 0.2) is 132 Å². The average Bonchev–Trinajstić information content (AvgIpc) is 3.89. The number of H-pyrrole nitrogens is 2. The molecule has 17 nitrogen and oxygen atoms in total. The molecule has 0 aliphatic rings. The number of ketones is 2. The topological polar surface area (TPSA) is 265 Å². The number of sulfonamides is 2. The molecule has 0 radical (unpaired) electrons. The Morgan fingerprint density at radius 2 is 0.970 bits per heavy atom. The van der Waals surface area contributed by atoms with Crippen LogP contribution in [0.2, 0.25) is 0 Å². The minimum absolute atomic E-state index is 0.0415. The van der Waals surface area contributed by atoms with E-state index in [2.05, 4.69) is 44.7 Å². The van der Waals surface area contributed by atoms with Gasteiger partial charge < -0.3 is 21.0 Å². The number of hydrogen-bond donors (Lipinski definition) is 6. The fourth-order valence-corrected chi connectivity index (χ4v) is 8.79. The molecule has 0 bridgehead atoms. The fourth-order valence-electron chi connectivity index (χ4n) is 6.69. The highest BCUT2D eigenvalue weighted by atomic mass is 32.2. The molecule has 7 N–H and O–H groups in total. The summed E-state index contributed by atoms with van der Waals surface area (Å²) in [6.07, 6.45) is 6.39. The molecule has 1 amide bonds. The second-order valence-corrected chi connectivity index (χ2v) is 21.0. The predicted molar refractivity (Wildman–Crippen MR) is 259 cm³/mol. The molecule has 4 aromatic carbocycles. The van der Waals surface area contributed by atoms with E-state index in [9.17, 15) is 31.2 Å². The highest BCUT2D eigenvalue weighted by Gasteiger charge is 2.28.